The summed E-state index contributed by atoms with van der Waals surface area (Å²) < 4.78 is 44.4. The summed E-state index contributed by atoms with van der Waals surface area (Å²) in [6.07, 6.45) is 1.72. The zero-order valence-corrected chi connectivity index (χ0v) is 24.3. The van der Waals surface area contributed by atoms with E-state index in [4.69, 9.17) is 19.3 Å². The van der Waals surface area contributed by atoms with Gasteiger partial charge in [0.05, 0.1) is 37.5 Å². The molecule has 222 valence electrons. The number of β-amino-alcohol motifs (C(OH)–C–C–N with tert-alkyl or cyclic N) is 1. The number of rotatable bonds is 17. The Kier molecular flexibility index (Phi) is 14.2. The number of nitrogens with two attached hydrogens (primary N) is 1. The predicted molar refractivity (Wildman–Crippen MR) is 140 cm³/mol. The molecule has 2 aliphatic heterocycles. The predicted octanol–water partition coefficient (Wildman–Crippen LogP) is 1.04. The van der Waals surface area contributed by atoms with Gasteiger partial charge in [0, 0.05) is 33.0 Å². The highest BCUT2D eigenvalue weighted by atomic mass is 32.1. The minimum Gasteiger partial charge on any atom is -0.391 e. The van der Waals surface area contributed by atoms with Gasteiger partial charge in [-0.25, -0.2) is 9.13 Å². The topological polar surface area (TPSA) is 198 Å². The van der Waals surface area contributed by atoms with Crippen LogP contribution in [0.25, 0.3) is 0 Å². The summed E-state index contributed by atoms with van der Waals surface area (Å²) in [5.74, 6) is 0.0792. The lowest BCUT2D eigenvalue weighted by Crippen LogP contribution is -2.38. The Morgan fingerprint density at radius 2 is 1.50 bits per heavy atom. The molecule has 2 aliphatic rings. The van der Waals surface area contributed by atoms with Crippen LogP contribution in [0.4, 0.5) is 0 Å². The van der Waals surface area contributed by atoms with Crippen molar-refractivity contribution in [2.75, 3.05) is 45.7 Å². The molecule has 2 amide bonds. The number of aliphatic hydroxyl groups is 1. The average molecular weight is 606 g/mol. The molecule has 0 bridgehead atoms. The van der Waals surface area contributed by atoms with E-state index in [1.807, 2.05) is 0 Å². The number of carbonyl (C=O) groups excluding carboxylic acids is 2. The van der Waals surface area contributed by atoms with Gasteiger partial charge in [0.1, 0.15) is 0 Å². The largest absolute Gasteiger partial charge is 0.472 e. The van der Waals surface area contributed by atoms with Crippen molar-refractivity contribution in [2.24, 2.45) is 5.73 Å². The third-order valence-corrected chi connectivity index (χ3v) is 8.72. The molecular weight excluding hydrogens is 564 g/mol. The molecule has 17 heteroatoms. The van der Waals surface area contributed by atoms with Gasteiger partial charge in [-0.15, -0.1) is 0 Å². The SMILES string of the molecule is COP(=O)(O)OC[C@@H]1CC(OP(=O)(O)OC[C@@H]2C[C@@H](O)CN2C(=O)CCCS)CN1C(=O)CCCCCN. The molecule has 0 aliphatic carbocycles. The van der Waals surface area contributed by atoms with Crippen molar-refractivity contribution >= 4 is 40.1 Å². The highest BCUT2D eigenvalue weighted by molar-refractivity contribution is 7.80. The Balaban J connectivity index is 1.97. The Labute approximate surface area is 228 Å². The van der Waals surface area contributed by atoms with Gasteiger partial charge in [0.15, 0.2) is 0 Å². The van der Waals surface area contributed by atoms with Crippen molar-refractivity contribution in [3.63, 3.8) is 0 Å². The summed E-state index contributed by atoms with van der Waals surface area (Å²) in [4.78, 5) is 48.0. The number of thiol groups is 1. The summed E-state index contributed by atoms with van der Waals surface area (Å²) in [6.45, 7) is -0.0755. The number of hydrogen-bond acceptors (Lipinski definition) is 11. The lowest BCUT2D eigenvalue weighted by Gasteiger charge is -2.25. The second kappa shape index (κ2) is 16.0. The molecule has 38 heavy (non-hydrogen) atoms. The monoisotopic (exact) mass is 605 g/mol. The van der Waals surface area contributed by atoms with Gasteiger partial charge in [-0.3, -0.25) is 27.7 Å². The number of phosphoric ester groups is 2. The highest BCUT2D eigenvalue weighted by Crippen LogP contribution is 2.48. The second-order valence-electron chi connectivity index (χ2n) is 9.39. The molecular formula is C21H41N3O11P2S. The maximum Gasteiger partial charge on any atom is 0.472 e. The number of unbranched alkanes of at least 4 members (excludes halogenated alkanes) is 2. The molecule has 3 unspecified atom stereocenters. The minimum absolute atomic E-state index is 0.0448. The van der Waals surface area contributed by atoms with Crippen molar-refractivity contribution in [3.05, 3.63) is 0 Å². The van der Waals surface area contributed by atoms with Gasteiger partial charge < -0.3 is 30.4 Å². The number of aliphatic hydroxyl groups excluding tert-OH is 1. The van der Waals surface area contributed by atoms with Crippen LogP contribution in [-0.2, 0) is 36.8 Å². The van der Waals surface area contributed by atoms with E-state index < -0.39 is 39.9 Å². The number of likely N-dealkylation sites (tertiary alicyclic amines) is 2. The van der Waals surface area contributed by atoms with Gasteiger partial charge in [0.25, 0.3) is 0 Å². The van der Waals surface area contributed by atoms with E-state index in [0.717, 1.165) is 20.0 Å². The van der Waals surface area contributed by atoms with Gasteiger partial charge in [-0.2, -0.15) is 12.6 Å². The van der Waals surface area contributed by atoms with Crippen molar-refractivity contribution in [2.45, 2.75) is 75.7 Å². The van der Waals surface area contributed by atoms with Crippen molar-refractivity contribution in [1.82, 2.24) is 9.80 Å². The number of carbonyl (C=O) groups is 2. The lowest BCUT2D eigenvalue weighted by molar-refractivity contribution is -0.133. The van der Waals surface area contributed by atoms with Gasteiger partial charge >= 0.3 is 15.6 Å². The number of phosphoric acid groups is 2. The summed E-state index contributed by atoms with van der Waals surface area (Å²) in [6, 6.07) is -1.28. The molecule has 6 atom stereocenters. The Bertz CT molecular complexity index is 870. The Morgan fingerprint density at radius 3 is 2.11 bits per heavy atom. The van der Waals surface area contributed by atoms with Crippen molar-refractivity contribution < 1.29 is 51.7 Å². The summed E-state index contributed by atoms with van der Waals surface area (Å²) in [5, 5.41) is 10.0. The minimum atomic E-state index is -4.62. The van der Waals surface area contributed by atoms with E-state index in [0.29, 0.717) is 25.1 Å². The molecule has 0 aromatic carbocycles. The fourth-order valence-corrected chi connectivity index (χ4v) is 6.09. The summed E-state index contributed by atoms with van der Waals surface area (Å²) in [5.41, 5.74) is 5.49. The molecule has 5 N–H and O–H groups in total. The molecule has 2 fully saturated rings. The number of hydrogen-bond donors (Lipinski definition) is 5. The molecule has 0 aromatic heterocycles. The fourth-order valence-electron chi connectivity index (χ4n) is 4.52. The molecule has 0 aromatic rings. The van der Waals surface area contributed by atoms with Crippen LogP contribution in [0.1, 0.15) is 51.4 Å². The summed E-state index contributed by atoms with van der Waals surface area (Å²) in [7, 11) is -7.90. The second-order valence-corrected chi connectivity index (χ2v) is 12.8. The third kappa shape index (κ3) is 11.1. The highest BCUT2D eigenvalue weighted by Gasteiger charge is 2.42. The lowest BCUT2D eigenvalue weighted by atomic mass is 10.1. The van der Waals surface area contributed by atoms with Crippen LogP contribution >= 0.6 is 28.3 Å². The maximum absolute atomic E-state index is 12.8. The van der Waals surface area contributed by atoms with E-state index in [-0.39, 0.29) is 63.8 Å². The Hall–Kier alpha value is -0.570. The molecule has 0 spiro atoms. The van der Waals surface area contributed by atoms with E-state index >= 15 is 0 Å². The number of amides is 2. The first kappa shape index (κ1) is 33.6. The first-order valence-electron chi connectivity index (χ1n) is 12.7. The van der Waals surface area contributed by atoms with E-state index in [9.17, 15) is 33.6 Å². The molecule has 14 nitrogen and oxygen atoms in total. The number of nitrogens with zero attached hydrogens (tertiary/aromatic N) is 2. The van der Waals surface area contributed by atoms with Crippen LogP contribution in [0.5, 0.6) is 0 Å². The quantitative estimate of drug-likeness (QED) is 0.0898. The van der Waals surface area contributed by atoms with Crippen LogP contribution in [0.3, 0.4) is 0 Å². The normalized spacial score (nSPS) is 26.9. The summed E-state index contributed by atoms with van der Waals surface area (Å²) >= 11 is 4.09. The van der Waals surface area contributed by atoms with E-state index in [2.05, 4.69) is 17.2 Å². The first-order valence-corrected chi connectivity index (χ1v) is 16.3. The van der Waals surface area contributed by atoms with Crippen LogP contribution in [-0.4, -0.2) is 107 Å². The third-order valence-electron chi connectivity index (χ3n) is 6.43. The molecule has 0 saturated carbocycles. The van der Waals surface area contributed by atoms with Crippen LogP contribution in [0.2, 0.25) is 0 Å². The van der Waals surface area contributed by atoms with E-state index in [1.54, 1.807) is 0 Å². The molecule has 2 rings (SSSR count). The molecule has 0 radical (unpaired) electrons. The standard InChI is InChI=1S/C21H41N3O11P2S/c1-32-36(28,29)33-15-17-11-19(13-24(17)20(26)6-3-2-4-8-22)35-37(30,31)34-14-16-10-18(25)12-23(16)21(27)7-5-9-38/h16-19,25,38H,2-15,22H2,1H3,(H,28,29)(H,30,31)/t16-,17-,18+,19?/m0/s1. The zero-order chi connectivity index (χ0) is 28.3. The van der Waals surface area contributed by atoms with Crippen molar-refractivity contribution in [3.8, 4) is 0 Å². The Morgan fingerprint density at radius 1 is 0.921 bits per heavy atom. The first-order chi connectivity index (χ1) is 17.9. The van der Waals surface area contributed by atoms with Gasteiger partial charge in [-0.05, 0) is 44.4 Å². The zero-order valence-electron chi connectivity index (χ0n) is 21.6. The fraction of sp³-hybridized carbons (Fsp3) is 0.905. The van der Waals surface area contributed by atoms with Crippen LogP contribution in [0, 0.1) is 0 Å². The molecule has 2 heterocycles. The molecule has 2 saturated heterocycles. The average Bonchev–Trinajstić information content (AvgIpc) is 3.45. The van der Waals surface area contributed by atoms with Crippen LogP contribution < -0.4 is 5.73 Å². The van der Waals surface area contributed by atoms with Crippen molar-refractivity contribution in [1.29, 1.82) is 0 Å². The van der Waals surface area contributed by atoms with Gasteiger partial charge in [-0.1, -0.05) is 6.42 Å². The van der Waals surface area contributed by atoms with Crippen LogP contribution in [0.15, 0.2) is 0 Å². The van der Waals surface area contributed by atoms with E-state index in [1.165, 1.54) is 9.80 Å². The van der Waals surface area contributed by atoms with Gasteiger partial charge in [0.2, 0.25) is 11.8 Å². The smallest absolute Gasteiger partial charge is 0.391 e. The maximum atomic E-state index is 12.8.